The fraction of sp³-hybridized carbons (Fsp3) is 0.292. The number of rotatable bonds is 7. The number of methoxy groups -OCH3 is 1. The standard InChI is InChI=1S/C24H24ClN7O4/c1-26-24(34)20-17(33)8-18(36-20)32-12-29-19-22(28-9-13-4-3-5-16(6-13)35-2)30-21(31-23(19)32)14-7-15(25)11-27-10-14/h3-7,10-12,17-18,20,33H,8-9H2,1-2H3,(H,26,34)(H,28,30,31)/t17-,18+,20-/m0/s1. The highest BCUT2D eigenvalue weighted by molar-refractivity contribution is 6.30. The van der Waals surface area contributed by atoms with Crippen LogP contribution in [0.3, 0.4) is 0 Å². The van der Waals surface area contributed by atoms with E-state index in [1.54, 1.807) is 30.3 Å². The van der Waals surface area contributed by atoms with Gasteiger partial charge in [0, 0.05) is 38.0 Å². The van der Waals surface area contributed by atoms with Crippen LogP contribution < -0.4 is 15.4 Å². The van der Waals surface area contributed by atoms with Gasteiger partial charge < -0.3 is 25.2 Å². The molecular weight excluding hydrogens is 486 g/mol. The number of amides is 1. The van der Waals surface area contributed by atoms with Gasteiger partial charge in [-0.1, -0.05) is 23.7 Å². The highest BCUT2D eigenvalue weighted by Gasteiger charge is 2.40. The third-order valence-corrected chi connectivity index (χ3v) is 6.10. The highest BCUT2D eigenvalue weighted by atomic mass is 35.5. The molecule has 3 aromatic heterocycles. The number of aliphatic hydroxyl groups is 1. The number of anilines is 1. The topological polar surface area (TPSA) is 136 Å². The van der Waals surface area contributed by atoms with E-state index in [4.69, 9.17) is 31.0 Å². The number of aromatic nitrogens is 5. The number of benzene rings is 1. The fourth-order valence-electron chi connectivity index (χ4n) is 4.09. The number of nitrogens with one attached hydrogen (secondary N) is 2. The molecule has 1 saturated heterocycles. The minimum absolute atomic E-state index is 0.203. The summed E-state index contributed by atoms with van der Waals surface area (Å²) in [5, 5.41) is 16.7. The van der Waals surface area contributed by atoms with Crippen molar-refractivity contribution >= 4 is 34.5 Å². The van der Waals surface area contributed by atoms with E-state index in [1.807, 2.05) is 24.3 Å². The average Bonchev–Trinajstić information content (AvgIpc) is 3.50. The molecule has 1 aromatic carbocycles. The molecular formula is C24H24ClN7O4. The van der Waals surface area contributed by atoms with Crippen LogP contribution in [0.1, 0.15) is 18.2 Å². The average molecular weight is 510 g/mol. The Morgan fingerprint density at radius 2 is 2.17 bits per heavy atom. The van der Waals surface area contributed by atoms with Crippen LogP contribution in [0.2, 0.25) is 5.02 Å². The summed E-state index contributed by atoms with van der Waals surface area (Å²) < 4.78 is 12.9. The summed E-state index contributed by atoms with van der Waals surface area (Å²) in [6.45, 7) is 0.459. The quantitative estimate of drug-likeness (QED) is 0.343. The van der Waals surface area contributed by atoms with E-state index < -0.39 is 24.3 Å². The van der Waals surface area contributed by atoms with Crippen LogP contribution in [-0.2, 0) is 16.1 Å². The first-order valence-corrected chi connectivity index (χ1v) is 11.6. The second-order valence-corrected chi connectivity index (χ2v) is 8.68. The summed E-state index contributed by atoms with van der Waals surface area (Å²) in [5.41, 5.74) is 2.60. The van der Waals surface area contributed by atoms with Crippen molar-refractivity contribution < 1.29 is 19.4 Å². The lowest BCUT2D eigenvalue weighted by molar-refractivity contribution is -0.137. The van der Waals surface area contributed by atoms with Crippen LogP contribution in [-0.4, -0.2) is 61.9 Å². The Bertz CT molecular complexity index is 1410. The van der Waals surface area contributed by atoms with Crippen LogP contribution in [0.25, 0.3) is 22.6 Å². The zero-order valence-corrected chi connectivity index (χ0v) is 20.3. The van der Waals surface area contributed by atoms with E-state index in [9.17, 15) is 9.90 Å². The minimum Gasteiger partial charge on any atom is -0.497 e. The van der Waals surface area contributed by atoms with Gasteiger partial charge in [0.05, 0.1) is 24.6 Å². The number of fused-ring (bicyclic) bond motifs is 1. The molecule has 0 aliphatic carbocycles. The van der Waals surface area contributed by atoms with Gasteiger partial charge >= 0.3 is 0 Å². The van der Waals surface area contributed by atoms with Crippen molar-refractivity contribution in [1.82, 2.24) is 29.8 Å². The van der Waals surface area contributed by atoms with Crippen molar-refractivity contribution in [3.05, 3.63) is 59.6 Å². The number of imidazole rings is 1. The van der Waals surface area contributed by atoms with Gasteiger partial charge in [0.2, 0.25) is 0 Å². The van der Waals surface area contributed by atoms with Gasteiger partial charge in [0.1, 0.15) is 12.0 Å². The van der Waals surface area contributed by atoms with Gasteiger partial charge in [-0.25, -0.2) is 15.0 Å². The minimum atomic E-state index is -0.985. The number of likely N-dealkylation sites (N-methyl/N-ethyl adjacent to an activating group) is 1. The third-order valence-electron chi connectivity index (χ3n) is 5.89. The van der Waals surface area contributed by atoms with E-state index in [0.717, 1.165) is 11.3 Å². The molecule has 5 rings (SSSR count). The first-order valence-electron chi connectivity index (χ1n) is 11.2. The van der Waals surface area contributed by atoms with E-state index >= 15 is 0 Å². The van der Waals surface area contributed by atoms with E-state index in [2.05, 4.69) is 20.6 Å². The Kier molecular flexibility index (Phi) is 6.68. The first kappa shape index (κ1) is 23.9. The van der Waals surface area contributed by atoms with Crippen molar-refractivity contribution in [1.29, 1.82) is 0 Å². The van der Waals surface area contributed by atoms with Gasteiger partial charge in [-0.2, -0.15) is 0 Å². The Morgan fingerprint density at radius 3 is 2.94 bits per heavy atom. The SMILES string of the molecule is CNC(=O)[C@H]1O[C@@H](n2cnc3c(NCc4cccc(OC)c4)nc(-c4cncc(Cl)c4)nc32)C[C@@H]1O. The second-order valence-electron chi connectivity index (χ2n) is 8.25. The molecule has 0 radical (unpaired) electrons. The lowest BCUT2D eigenvalue weighted by Crippen LogP contribution is -2.38. The van der Waals surface area contributed by atoms with Crippen molar-refractivity contribution in [2.45, 2.75) is 31.4 Å². The maximum absolute atomic E-state index is 12.1. The van der Waals surface area contributed by atoms with E-state index in [1.165, 1.54) is 13.2 Å². The van der Waals surface area contributed by atoms with Crippen LogP contribution in [0, 0.1) is 0 Å². The summed E-state index contributed by atoms with van der Waals surface area (Å²) in [6, 6.07) is 9.41. The molecule has 1 aliphatic heterocycles. The molecule has 4 aromatic rings. The van der Waals surface area contributed by atoms with Gasteiger partial charge in [0.15, 0.2) is 28.9 Å². The Labute approximate surface area is 211 Å². The van der Waals surface area contributed by atoms with Crippen molar-refractivity contribution in [2.24, 2.45) is 0 Å². The molecule has 11 nitrogen and oxygen atoms in total. The van der Waals surface area contributed by atoms with Crippen molar-refractivity contribution in [2.75, 3.05) is 19.5 Å². The molecule has 0 spiro atoms. The van der Waals surface area contributed by atoms with Gasteiger partial charge in [-0.3, -0.25) is 14.3 Å². The molecule has 4 heterocycles. The van der Waals surface area contributed by atoms with E-state index in [0.29, 0.717) is 39.9 Å². The molecule has 0 saturated carbocycles. The second kappa shape index (κ2) is 10.1. The number of carbonyl (C=O) groups is 1. The zero-order chi connectivity index (χ0) is 25.2. The third kappa shape index (κ3) is 4.68. The first-order chi connectivity index (χ1) is 17.5. The normalized spacial score (nSPS) is 19.4. The lowest BCUT2D eigenvalue weighted by Gasteiger charge is -2.15. The van der Waals surface area contributed by atoms with Gasteiger partial charge in [-0.15, -0.1) is 0 Å². The maximum atomic E-state index is 12.1. The summed E-state index contributed by atoms with van der Waals surface area (Å²) in [5.74, 6) is 1.24. The van der Waals surface area contributed by atoms with Crippen LogP contribution >= 0.6 is 11.6 Å². The number of ether oxygens (including phenoxy) is 2. The Balaban J connectivity index is 1.54. The number of aliphatic hydroxyl groups excluding tert-OH is 1. The Morgan fingerprint density at radius 1 is 1.31 bits per heavy atom. The predicted molar refractivity (Wildman–Crippen MR) is 132 cm³/mol. The fourth-order valence-corrected chi connectivity index (χ4v) is 4.26. The highest BCUT2D eigenvalue weighted by Crippen LogP contribution is 2.33. The largest absolute Gasteiger partial charge is 0.497 e. The molecule has 0 bridgehead atoms. The van der Waals surface area contributed by atoms with Gasteiger partial charge in [0.25, 0.3) is 5.91 Å². The summed E-state index contributed by atoms with van der Waals surface area (Å²) >= 11 is 6.16. The lowest BCUT2D eigenvalue weighted by atomic mass is 10.1. The van der Waals surface area contributed by atoms with Gasteiger partial charge in [-0.05, 0) is 23.8 Å². The number of pyridine rings is 1. The van der Waals surface area contributed by atoms with Crippen LogP contribution in [0.15, 0.2) is 49.1 Å². The predicted octanol–water partition coefficient (Wildman–Crippen LogP) is 2.56. The zero-order valence-electron chi connectivity index (χ0n) is 19.6. The number of hydrogen-bond donors (Lipinski definition) is 3. The number of nitrogens with zero attached hydrogens (tertiary/aromatic N) is 5. The molecule has 1 aliphatic rings. The summed E-state index contributed by atoms with van der Waals surface area (Å²) in [7, 11) is 3.12. The van der Waals surface area contributed by atoms with Crippen molar-refractivity contribution in [3.63, 3.8) is 0 Å². The molecule has 1 amide bonds. The molecule has 1 fully saturated rings. The molecule has 3 atom stereocenters. The maximum Gasteiger partial charge on any atom is 0.251 e. The van der Waals surface area contributed by atoms with E-state index in [-0.39, 0.29) is 6.42 Å². The summed E-state index contributed by atoms with van der Waals surface area (Å²) in [4.78, 5) is 30.2. The number of hydrogen-bond acceptors (Lipinski definition) is 9. The number of carbonyl (C=O) groups excluding carboxylic acids is 1. The molecule has 36 heavy (non-hydrogen) atoms. The monoisotopic (exact) mass is 509 g/mol. The molecule has 3 N–H and O–H groups in total. The van der Waals surface area contributed by atoms with Crippen LogP contribution in [0.5, 0.6) is 5.75 Å². The smallest absolute Gasteiger partial charge is 0.251 e. The number of halogens is 1. The summed E-state index contributed by atoms with van der Waals surface area (Å²) in [6.07, 6.45) is 2.34. The molecule has 12 heteroatoms. The van der Waals surface area contributed by atoms with Crippen LogP contribution in [0.4, 0.5) is 5.82 Å². The molecule has 186 valence electrons. The van der Waals surface area contributed by atoms with Crippen molar-refractivity contribution in [3.8, 4) is 17.1 Å². The Hall–Kier alpha value is -3.80. The molecule has 0 unspecified atom stereocenters.